The van der Waals surface area contributed by atoms with Crippen LogP contribution in [0.25, 0.3) is 17.2 Å². The van der Waals surface area contributed by atoms with Gasteiger partial charge in [-0.15, -0.1) is 0 Å². The number of ether oxygens (including phenoxy) is 1. The predicted octanol–water partition coefficient (Wildman–Crippen LogP) is 5.21. The lowest BCUT2D eigenvalue weighted by molar-refractivity contribution is 0.144. The molecule has 0 saturated carbocycles. The van der Waals surface area contributed by atoms with E-state index in [4.69, 9.17) is 4.74 Å². The molecule has 5 heteroatoms. The summed E-state index contributed by atoms with van der Waals surface area (Å²) in [6.45, 7) is 0.646. The Kier molecular flexibility index (Phi) is 5.83. The van der Waals surface area contributed by atoms with E-state index in [2.05, 4.69) is 34.6 Å². The molecule has 0 unspecified atom stereocenters. The summed E-state index contributed by atoms with van der Waals surface area (Å²) in [4.78, 5) is 25.9. The van der Waals surface area contributed by atoms with Crippen LogP contribution in [0.5, 0.6) is 0 Å². The van der Waals surface area contributed by atoms with Gasteiger partial charge in [-0.3, -0.25) is 0 Å². The smallest absolute Gasteiger partial charge is 0.407 e. The van der Waals surface area contributed by atoms with Crippen LogP contribution in [0, 0.1) is 0 Å². The molecular formula is C25H20N2O3. The molecule has 0 radical (unpaired) electrons. The minimum atomic E-state index is -0.447. The van der Waals surface area contributed by atoms with Gasteiger partial charge < -0.3 is 10.1 Å². The number of nitrogens with one attached hydrogen (secondary N) is 1. The Morgan fingerprint density at radius 2 is 1.60 bits per heavy atom. The molecule has 0 aromatic heterocycles. The third-order valence-electron chi connectivity index (χ3n) is 5.09. The van der Waals surface area contributed by atoms with Gasteiger partial charge in [0.25, 0.3) is 0 Å². The second-order valence-corrected chi connectivity index (χ2v) is 6.90. The second kappa shape index (κ2) is 9.03. The number of alkyl carbamates (subject to hydrolysis) is 1. The van der Waals surface area contributed by atoms with Crippen LogP contribution in [0.4, 0.5) is 10.5 Å². The minimum absolute atomic E-state index is 0.0474. The number of isocyanates is 1. The van der Waals surface area contributed by atoms with E-state index >= 15 is 0 Å². The summed E-state index contributed by atoms with van der Waals surface area (Å²) < 4.78 is 5.50. The van der Waals surface area contributed by atoms with Crippen molar-refractivity contribution in [2.45, 2.75) is 5.92 Å². The Morgan fingerprint density at radius 1 is 0.967 bits per heavy atom. The molecule has 0 bridgehead atoms. The average molecular weight is 396 g/mol. The zero-order chi connectivity index (χ0) is 20.8. The van der Waals surface area contributed by atoms with Crippen molar-refractivity contribution < 1.29 is 14.3 Å². The Hall–Kier alpha value is -3.95. The van der Waals surface area contributed by atoms with Gasteiger partial charge in [0.15, 0.2) is 0 Å². The highest BCUT2D eigenvalue weighted by molar-refractivity contribution is 5.79. The fraction of sp³-hybridized carbons (Fsp3) is 0.120. The summed E-state index contributed by atoms with van der Waals surface area (Å²) in [5.74, 6) is 0.0474. The van der Waals surface area contributed by atoms with Crippen LogP contribution in [0.15, 0.2) is 83.9 Å². The molecule has 1 aliphatic rings. The number of aliphatic imine (C=N–C) groups is 1. The van der Waals surface area contributed by atoms with Gasteiger partial charge in [0.1, 0.15) is 6.61 Å². The summed E-state index contributed by atoms with van der Waals surface area (Å²) in [6, 6.07) is 23.6. The van der Waals surface area contributed by atoms with Crippen LogP contribution in [-0.2, 0) is 9.53 Å². The molecule has 1 N–H and O–H groups in total. The molecule has 1 amide bonds. The number of fused-ring (bicyclic) bond motifs is 3. The van der Waals surface area contributed by atoms with Crippen molar-refractivity contribution in [2.75, 3.05) is 13.2 Å². The van der Waals surface area contributed by atoms with Gasteiger partial charge in [0.05, 0.1) is 5.69 Å². The first-order chi connectivity index (χ1) is 14.8. The number of nitrogens with zero attached hydrogens (tertiary/aromatic N) is 1. The van der Waals surface area contributed by atoms with Crippen molar-refractivity contribution in [1.82, 2.24) is 5.32 Å². The van der Waals surface area contributed by atoms with E-state index in [1.165, 1.54) is 28.3 Å². The van der Waals surface area contributed by atoms with E-state index in [1.54, 1.807) is 12.1 Å². The third kappa shape index (κ3) is 4.22. The average Bonchev–Trinajstić information content (AvgIpc) is 3.10. The molecule has 1 aliphatic carbocycles. The lowest BCUT2D eigenvalue weighted by atomic mass is 9.98. The molecule has 0 heterocycles. The summed E-state index contributed by atoms with van der Waals surface area (Å²) >= 11 is 0. The van der Waals surface area contributed by atoms with E-state index in [-0.39, 0.29) is 5.92 Å². The Balaban J connectivity index is 1.31. The summed E-state index contributed by atoms with van der Waals surface area (Å²) in [7, 11) is 0. The van der Waals surface area contributed by atoms with E-state index in [0.717, 1.165) is 5.56 Å². The van der Waals surface area contributed by atoms with Crippen molar-refractivity contribution in [3.63, 3.8) is 0 Å². The van der Waals surface area contributed by atoms with Crippen molar-refractivity contribution >= 4 is 23.9 Å². The van der Waals surface area contributed by atoms with Crippen molar-refractivity contribution in [3.05, 3.63) is 95.6 Å². The molecule has 0 aliphatic heterocycles. The number of amides is 1. The van der Waals surface area contributed by atoms with Gasteiger partial charge in [-0.05, 0) is 39.9 Å². The quantitative estimate of drug-likeness (QED) is 0.460. The Labute approximate surface area is 174 Å². The van der Waals surface area contributed by atoms with Crippen LogP contribution in [-0.4, -0.2) is 25.3 Å². The fourth-order valence-corrected chi connectivity index (χ4v) is 3.70. The highest BCUT2D eigenvalue weighted by Gasteiger charge is 2.28. The lowest BCUT2D eigenvalue weighted by Gasteiger charge is -2.14. The first-order valence-electron chi connectivity index (χ1n) is 9.69. The largest absolute Gasteiger partial charge is 0.449 e. The van der Waals surface area contributed by atoms with Crippen molar-refractivity contribution in [3.8, 4) is 11.1 Å². The molecule has 3 aromatic carbocycles. The fourth-order valence-electron chi connectivity index (χ4n) is 3.70. The summed E-state index contributed by atoms with van der Waals surface area (Å²) in [5.41, 5.74) is 6.28. The maximum Gasteiger partial charge on any atom is 0.407 e. The van der Waals surface area contributed by atoms with E-state index in [1.807, 2.05) is 48.6 Å². The van der Waals surface area contributed by atoms with Gasteiger partial charge in [-0.2, -0.15) is 4.99 Å². The summed E-state index contributed by atoms with van der Waals surface area (Å²) in [5, 5.41) is 2.74. The van der Waals surface area contributed by atoms with Gasteiger partial charge in [-0.1, -0.05) is 72.8 Å². The van der Waals surface area contributed by atoms with Crippen LogP contribution >= 0.6 is 0 Å². The normalized spacial score (nSPS) is 12.1. The van der Waals surface area contributed by atoms with Gasteiger partial charge in [0.2, 0.25) is 6.08 Å². The molecule has 3 aromatic rings. The van der Waals surface area contributed by atoms with Crippen molar-refractivity contribution in [2.24, 2.45) is 4.99 Å². The van der Waals surface area contributed by atoms with Crippen LogP contribution < -0.4 is 5.32 Å². The predicted molar refractivity (Wildman–Crippen MR) is 116 cm³/mol. The van der Waals surface area contributed by atoms with Gasteiger partial charge in [-0.25, -0.2) is 9.59 Å². The third-order valence-corrected chi connectivity index (χ3v) is 5.09. The van der Waals surface area contributed by atoms with Gasteiger partial charge >= 0.3 is 6.09 Å². The summed E-state index contributed by atoms with van der Waals surface area (Å²) in [6.07, 6.45) is 4.77. The molecule has 5 nitrogen and oxygen atoms in total. The Morgan fingerprint density at radius 3 is 2.23 bits per heavy atom. The zero-order valence-corrected chi connectivity index (χ0v) is 16.2. The van der Waals surface area contributed by atoms with Crippen molar-refractivity contribution in [1.29, 1.82) is 0 Å². The monoisotopic (exact) mass is 396 g/mol. The molecule has 30 heavy (non-hydrogen) atoms. The lowest BCUT2D eigenvalue weighted by Crippen LogP contribution is -2.26. The number of carbonyl (C=O) groups excluding carboxylic acids is 2. The number of carbonyl (C=O) groups is 1. The second-order valence-electron chi connectivity index (χ2n) is 6.90. The maximum absolute atomic E-state index is 12.1. The first-order valence-corrected chi connectivity index (χ1v) is 9.69. The standard InChI is InChI=1S/C25H20N2O3/c28-17-27-19-13-11-18(12-14-19)6-5-15-26-25(29)30-16-24-22-9-3-1-7-20(22)21-8-2-4-10-23(21)24/h1-14,24H,15-16H2,(H,26,29). The molecule has 148 valence electrons. The zero-order valence-electron chi connectivity index (χ0n) is 16.2. The van der Waals surface area contributed by atoms with Crippen LogP contribution in [0.2, 0.25) is 0 Å². The molecule has 0 saturated heterocycles. The number of rotatable bonds is 6. The molecule has 4 rings (SSSR count). The molecule has 0 spiro atoms. The van der Waals surface area contributed by atoms with E-state index in [0.29, 0.717) is 18.8 Å². The number of hydrogen-bond acceptors (Lipinski definition) is 4. The minimum Gasteiger partial charge on any atom is -0.449 e. The Bertz CT molecular complexity index is 1080. The highest BCUT2D eigenvalue weighted by Crippen LogP contribution is 2.44. The molecule has 0 fully saturated rings. The van der Waals surface area contributed by atoms with Crippen LogP contribution in [0.1, 0.15) is 22.6 Å². The van der Waals surface area contributed by atoms with Gasteiger partial charge in [0, 0.05) is 12.5 Å². The first kappa shape index (κ1) is 19.4. The molecule has 0 atom stereocenters. The maximum atomic E-state index is 12.1. The SMILES string of the molecule is O=C=Nc1ccc(C=CCNC(=O)OCC2c3ccccc3-c3ccccc32)cc1. The van der Waals surface area contributed by atoms with Crippen LogP contribution in [0.3, 0.4) is 0 Å². The van der Waals surface area contributed by atoms with E-state index in [9.17, 15) is 9.59 Å². The highest BCUT2D eigenvalue weighted by atomic mass is 16.5. The molecular weight excluding hydrogens is 376 g/mol. The van der Waals surface area contributed by atoms with E-state index < -0.39 is 6.09 Å². The number of hydrogen-bond donors (Lipinski definition) is 1. The topological polar surface area (TPSA) is 67.8 Å². The number of benzene rings is 3.